The van der Waals surface area contributed by atoms with Gasteiger partial charge in [0.15, 0.2) is 0 Å². The van der Waals surface area contributed by atoms with Crippen LogP contribution in [0.1, 0.15) is 19.8 Å². The fraction of sp³-hybridized carbons (Fsp3) is 0.538. The zero-order chi connectivity index (χ0) is 13.8. The lowest BCUT2D eigenvalue weighted by atomic mass is 10.1. The maximum Gasteiger partial charge on any atom is 0.242 e. The van der Waals surface area contributed by atoms with Gasteiger partial charge >= 0.3 is 0 Å². The summed E-state index contributed by atoms with van der Waals surface area (Å²) in [5.41, 5.74) is 0. The van der Waals surface area contributed by atoms with Gasteiger partial charge in [0, 0.05) is 12.7 Å². The summed E-state index contributed by atoms with van der Waals surface area (Å²) in [4.78, 5) is 18.1. The van der Waals surface area contributed by atoms with Gasteiger partial charge in [0.05, 0.1) is 17.2 Å². The molecule has 0 radical (unpaired) electrons. The molecule has 1 amide bonds. The van der Waals surface area contributed by atoms with Gasteiger partial charge < -0.3 is 10.4 Å². The van der Waals surface area contributed by atoms with E-state index in [-0.39, 0.29) is 18.1 Å². The van der Waals surface area contributed by atoms with Crippen LogP contribution in [0.25, 0.3) is 0 Å². The van der Waals surface area contributed by atoms with Gasteiger partial charge in [-0.3, -0.25) is 9.69 Å². The van der Waals surface area contributed by atoms with Crippen molar-refractivity contribution in [1.82, 2.24) is 9.88 Å². The number of hydrogen-bond donors (Lipinski definition) is 2. The van der Waals surface area contributed by atoms with Gasteiger partial charge in [-0.05, 0) is 38.4 Å². The van der Waals surface area contributed by atoms with E-state index < -0.39 is 0 Å². The van der Waals surface area contributed by atoms with Crippen molar-refractivity contribution in [2.24, 2.45) is 0 Å². The predicted molar refractivity (Wildman–Crippen MR) is 74.2 cm³/mol. The summed E-state index contributed by atoms with van der Waals surface area (Å²) in [5.74, 6) is 0.364. The molecule has 0 spiro atoms. The Bertz CT molecular complexity index is 438. The number of halogens is 1. The highest BCUT2D eigenvalue weighted by atomic mass is 35.5. The van der Waals surface area contributed by atoms with Crippen LogP contribution in [0.4, 0.5) is 5.82 Å². The lowest BCUT2D eigenvalue weighted by Crippen LogP contribution is -2.48. The zero-order valence-electron chi connectivity index (χ0n) is 10.8. The lowest BCUT2D eigenvalue weighted by molar-refractivity contribution is -0.121. The quantitative estimate of drug-likeness (QED) is 0.883. The van der Waals surface area contributed by atoms with Crippen LogP contribution in [0.5, 0.6) is 0 Å². The number of hydrogen-bond acceptors (Lipinski definition) is 4. The molecular weight excluding hydrogens is 266 g/mol. The molecule has 1 aromatic heterocycles. The van der Waals surface area contributed by atoms with Crippen molar-refractivity contribution in [2.45, 2.75) is 31.9 Å². The van der Waals surface area contributed by atoms with Crippen molar-refractivity contribution in [1.29, 1.82) is 0 Å². The van der Waals surface area contributed by atoms with Crippen LogP contribution in [0, 0.1) is 0 Å². The molecule has 2 rings (SSSR count). The molecule has 1 saturated heterocycles. The highest BCUT2D eigenvalue weighted by Crippen LogP contribution is 2.15. The number of anilines is 1. The fourth-order valence-corrected chi connectivity index (χ4v) is 2.29. The van der Waals surface area contributed by atoms with Gasteiger partial charge in [0.1, 0.15) is 5.82 Å². The second kappa shape index (κ2) is 6.32. The minimum absolute atomic E-state index is 0.121. The first kappa shape index (κ1) is 14.2. The molecular formula is C13H18ClN3O2. The number of aliphatic hydroxyl groups is 1. The number of carbonyl (C=O) groups is 1. The van der Waals surface area contributed by atoms with E-state index in [4.69, 9.17) is 11.6 Å². The molecule has 1 fully saturated rings. The number of nitrogens with one attached hydrogen (secondary N) is 1. The molecule has 0 aromatic carbocycles. The van der Waals surface area contributed by atoms with Crippen LogP contribution in [-0.4, -0.2) is 46.1 Å². The summed E-state index contributed by atoms with van der Waals surface area (Å²) in [6.07, 6.45) is 2.88. The summed E-state index contributed by atoms with van der Waals surface area (Å²) in [6.45, 7) is 3.21. The first-order valence-corrected chi connectivity index (χ1v) is 6.78. The largest absolute Gasteiger partial charge is 0.392 e. The maximum absolute atomic E-state index is 12.1. The van der Waals surface area contributed by atoms with Crippen molar-refractivity contribution < 1.29 is 9.90 Å². The Balaban J connectivity index is 1.93. The summed E-state index contributed by atoms with van der Waals surface area (Å²) in [5, 5.41) is 12.9. The number of rotatable bonds is 3. The van der Waals surface area contributed by atoms with Crippen molar-refractivity contribution >= 4 is 23.3 Å². The normalized spacial score (nSPS) is 21.9. The second-order valence-electron chi connectivity index (χ2n) is 4.82. The SMILES string of the molecule is C[C@H](C(=O)Nc1ccc(Cl)cn1)N1CCC[C@@H](O)C1. The van der Waals surface area contributed by atoms with Crippen LogP contribution in [0.2, 0.25) is 5.02 Å². The molecule has 2 heterocycles. The van der Waals surface area contributed by atoms with Gasteiger partial charge in [-0.2, -0.15) is 0 Å². The van der Waals surface area contributed by atoms with Crippen LogP contribution in [-0.2, 0) is 4.79 Å². The van der Waals surface area contributed by atoms with E-state index in [1.807, 2.05) is 11.8 Å². The number of carbonyl (C=O) groups excluding carboxylic acids is 1. The Morgan fingerprint density at radius 1 is 1.63 bits per heavy atom. The fourth-order valence-electron chi connectivity index (χ4n) is 2.18. The number of aliphatic hydroxyl groups excluding tert-OH is 1. The van der Waals surface area contributed by atoms with E-state index in [1.165, 1.54) is 6.20 Å². The van der Waals surface area contributed by atoms with Gasteiger partial charge in [0.25, 0.3) is 0 Å². The second-order valence-corrected chi connectivity index (χ2v) is 5.25. The van der Waals surface area contributed by atoms with Crippen LogP contribution >= 0.6 is 11.6 Å². The molecule has 2 atom stereocenters. The number of β-amino-alcohol motifs (C(OH)–C–C–N with tert-alkyl or cyclic N) is 1. The van der Waals surface area contributed by atoms with E-state index in [9.17, 15) is 9.90 Å². The Kier molecular flexibility index (Phi) is 4.74. The Labute approximate surface area is 117 Å². The van der Waals surface area contributed by atoms with Crippen molar-refractivity contribution in [2.75, 3.05) is 18.4 Å². The van der Waals surface area contributed by atoms with Crippen LogP contribution in [0.3, 0.4) is 0 Å². The first-order chi connectivity index (χ1) is 9.06. The molecule has 0 aliphatic carbocycles. The minimum atomic E-state index is -0.336. The number of piperidine rings is 1. The number of amides is 1. The van der Waals surface area contributed by atoms with E-state index in [1.54, 1.807) is 12.1 Å². The molecule has 5 nitrogen and oxygen atoms in total. The molecule has 1 aliphatic rings. The molecule has 0 bridgehead atoms. The Morgan fingerprint density at radius 2 is 2.42 bits per heavy atom. The third-order valence-electron chi connectivity index (χ3n) is 3.33. The molecule has 104 valence electrons. The zero-order valence-corrected chi connectivity index (χ0v) is 11.6. The van der Waals surface area contributed by atoms with E-state index in [0.29, 0.717) is 17.4 Å². The average Bonchev–Trinajstić information content (AvgIpc) is 2.40. The topological polar surface area (TPSA) is 65.5 Å². The Hall–Kier alpha value is -1.17. The molecule has 19 heavy (non-hydrogen) atoms. The van der Waals surface area contributed by atoms with Crippen molar-refractivity contribution in [3.63, 3.8) is 0 Å². The number of nitrogens with zero attached hydrogens (tertiary/aromatic N) is 2. The number of aromatic nitrogens is 1. The highest BCUT2D eigenvalue weighted by Gasteiger charge is 2.26. The summed E-state index contributed by atoms with van der Waals surface area (Å²) >= 11 is 5.74. The number of likely N-dealkylation sites (tertiary alicyclic amines) is 1. The number of pyridine rings is 1. The van der Waals surface area contributed by atoms with Gasteiger partial charge in [-0.1, -0.05) is 11.6 Å². The summed E-state index contributed by atoms with van der Waals surface area (Å²) in [6, 6.07) is 3.06. The molecule has 1 aliphatic heterocycles. The smallest absolute Gasteiger partial charge is 0.242 e. The highest BCUT2D eigenvalue weighted by molar-refractivity contribution is 6.30. The van der Waals surface area contributed by atoms with Gasteiger partial charge in [-0.15, -0.1) is 0 Å². The third-order valence-corrected chi connectivity index (χ3v) is 3.56. The summed E-state index contributed by atoms with van der Waals surface area (Å²) < 4.78 is 0. The standard InChI is InChI=1S/C13H18ClN3O2/c1-9(17-6-2-3-11(18)8-17)13(19)16-12-5-4-10(14)7-15-12/h4-5,7,9,11,18H,2-3,6,8H2,1H3,(H,15,16,19)/t9-,11-/m1/s1. The Morgan fingerprint density at radius 3 is 3.05 bits per heavy atom. The lowest BCUT2D eigenvalue weighted by Gasteiger charge is -2.33. The third kappa shape index (κ3) is 3.89. The maximum atomic E-state index is 12.1. The molecule has 1 aromatic rings. The molecule has 0 unspecified atom stereocenters. The van der Waals surface area contributed by atoms with E-state index >= 15 is 0 Å². The van der Waals surface area contributed by atoms with Crippen molar-refractivity contribution in [3.8, 4) is 0 Å². The predicted octanol–water partition coefficient (Wildman–Crippen LogP) is 1.52. The summed E-state index contributed by atoms with van der Waals surface area (Å²) in [7, 11) is 0. The van der Waals surface area contributed by atoms with Gasteiger partial charge in [0.2, 0.25) is 5.91 Å². The average molecular weight is 284 g/mol. The van der Waals surface area contributed by atoms with E-state index in [2.05, 4.69) is 10.3 Å². The molecule has 0 saturated carbocycles. The first-order valence-electron chi connectivity index (χ1n) is 6.41. The van der Waals surface area contributed by atoms with Crippen LogP contribution < -0.4 is 5.32 Å². The molecule has 2 N–H and O–H groups in total. The van der Waals surface area contributed by atoms with E-state index in [0.717, 1.165) is 19.4 Å². The van der Waals surface area contributed by atoms with Crippen molar-refractivity contribution in [3.05, 3.63) is 23.4 Å². The monoisotopic (exact) mass is 283 g/mol. The molecule has 6 heteroatoms. The van der Waals surface area contributed by atoms with Crippen LogP contribution in [0.15, 0.2) is 18.3 Å². The van der Waals surface area contributed by atoms with Gasteiger partial charge in [-0.25, -0.2) is 4.98 Å². The minimum Gasteiger partial charge on any atom is -0.392 e.